The van der Waals surface area contributed by atoms with E-state index in [4.69, 9.17) is 0 Å². The number of allylic oxidation sites excluding steroid dienone is 1. The molecular weight excluding hydrogens is 196 g/mol. The van der Waals surface area contributed by atoms with Gasteiger partial charge >= 0.3 is 5.97 Å². The molecule has 0 rings (SSSR count). The molecule has 3 heteroatoms. The van der Waals surface area contributed by atoms with Gasteiger partial charge < -0.3 is 4.74 Å². The van der Waals surface area contributed by atoms with E-state index in [-0.39, 0.29) is 5.97 Å². The van der Waals surface area contributed by atoms with E-state index in [2.05, 4.69) is 20.7 Å². The van der Waals surface area contributed by atoms with Gasteiger partial charge in [-0.15, -0.1) is 0 Å². The van der Waals surface area contributed by atoms with Gasteiger partial charge in [0.25, 0.3) is 0 Å². The lowest BCUT2D eigenvalue weighted by Crippen LogP contribution is -2.01. The molecular formula is C7H11BrO2. The van der Waals surface area contributed by atoms with Crippen molar-refractivity contribution in [1.29, 1.82) is 0 Å². The summed E-state index contributed by atoms with van der Waals surface area (Å²) in [6, 6.07) is 0. The van der Waals surface area contributed by atoms with Crippen LogP contribution in [0.25, 0.3) is 0 Å². The zero-order valence-corrected chi connectivity index (χ0v) is 7.99. The summed E-state index contributed by atoms with van der Waals surface area (Å²) in [5, 5.41) is 0. The Balaban J connectivity index is 4.30. The Labute approximate surface area is 69.4 Å². The maximum atomic E-state index is 10.8. The van der Waals surface area contributed by atoms with Crippen LogP contribution in [-0.2, 0) is 9.53 Å². The van der Waals surface area contributed by atoms with Crippen LogP contribution in [0.5, 0.6) is 0 Å². The van der Waals surface area contributed by atoms with Crippen LogP contribution in [0.1, 0.15) is 20.3 Å². The Kier molecular flexibility index (Phi) is 4.36. The quantitative estimate of drug-likeness (QED) is 0.512. The molecule has 0 radical (unpaired) electrons. The van der Waals surface area contributed by atoms with Gasteiger partial charge in [0.05, 0.1) is 7.11 Å². The predicted molar refractivity (Wildman–Crippen MR) is 43.9 cm³/mol. The molecule has 0 aliphatic carbocycles. The number of hydrogen-bond donors (Lipinski definition) is 0. The van der Waals surface area contributed by atoms with Crippen LogP contribution >= 0.6 is 15.9 Å². The van der Waals surface area contributed by atoms with Gasteiger partial charge in [-0.1, -0.05) is 12.5 Å². The SMILES string of the molecule is CCC(C)=C(Br)C(=O)OC. The molecule has 0 aromatic heterocycles. The molecule has 10 heavy (non-hydrogen) atoms. The van der Waals surface area contributed by atoms with Gasteiger partial charge in [0.1, 0.15) is 4.48 Å². The summed E-state index contributed by atoms with van der Waals surface area (Å²) in [5.41, 5.74) is 1.01. The molecule has 0 aliphatic rings. The lowest BCUT2D eigenvalue weighted by molar-refractivity contribution is -0.135. The molecule has 0 heterocycles. The first-order chi connectivity index (χ1) is 4.63. The number of carbonyl (C=O) groups excluding carboxylic acids is 1. The first-order valence-electron chi connectivity index (χ1n) is 3.07. The molecule has 0 aromatic carbocycles. The van der Waals surface area contributed by atoms with E-state index in [0.29, 0.717) is 4.48 Å². The van der Waals surface area contributed by atoms with Crippen LogP contribution < -0.4 is 0 Å². The third kappa shape index (κ3) is 2.52. The van der Waals surface area contributed by atoms with Gasteiger partial charge in [0.2, 0.25) is 0 Å². The summed E-state index contributed by atoms with van der Waals surface area (Å²) in [7, 11) is 1.37. The van der Waals surface area contributed by atoms with Crippen molar-refractivity contribution in [2.75, 3.05) is 7.11 Å². The number of hydrogen-bond acceptors (Lipinski definition) is 2. The van der Waals surface area contributed by atoms with E-state index in [1.165, 1.54) is 7.11 Å². The second-order valence-corrected chi connectivity index (χ2v) is 2.73. The third-order valence-electron chi connectivity index (χ3n) is 1.27. The van der Waals surface area contributed by atoms with E-state index in [1.807, 2.05) is 13.8 Å². The highest BCUT2D eigenvalue weighted by molar-refractivity contribution is 9.12. The maximum Gasteiger partial charge on any atom is 0.344 e. The summed E-state index contributed by atoms with van der Waals surface area (Å²) < 4.78 is 5.03. The number of esters is 1. The fourth-order valence-corrected chi connectivity index (χ4v) is 0.861. The maximum absolute atomic E-state index is 10.8. The van der Waals surface area contributed by atoms with Crippen LogP contribution in [-0.4, -0.2) is 13.1 Å². The molecule has 0 spiro atoms. The Morgan fingerprint density at radius 1 is 1.60 bits per heavy atom. The molecule has 0 aliphatic heterocycles. The standard InChI is InChI=1S/C7H11BrO2/c1-4-5(2)6(8)7(9)10-3/h4H2,1-3H3. The van der Waals surface area contributed by atoms with Crippen molar-refractivity contribution in [3.8, 4) is 0 Å². The molecule has 0 atom stereocenters. The van der Waals surface area contributed by atoms with Gasteiger partial charge in [-0.05, 0) is 29.3 Å². The fraction of sp³-hybridized carbons (Fsp3) is 0.571. The van der Waals surface area contributed by atoms with Crippen molar-refractivity contribution in [2.24, 2.45) is 0 Å². The highest BCUT2D eigenvalue weighted by atomic mass is 79.9. The van der Waals surface area contributed by atoms with Crippen LogP contribution in [0.15, 0.2) is 10.1 Å². The minimum Gasteiger partial charge on any atom is -0.465 e. The van der Waals surface area contributed by atoms with Crippen LogP contribution in [0.3, 0.4) is 0 Å². The number of rotatable bonds is 2. The van der Waals surface area contributed by atoms with E-state index >= 15 is 0 Å². The summed E-state index contributed by atoms with van der Waals surface area (Å²) in [6.07, 6.45) is 0.857. The Morgan fingerprint density at radius 3 is 2.40 bits per heavy atom. The zero-order valence-electron chi connectivity index (χ0n) is 6.40. The third-order valence-corrected chi connectivity index (χ3v) is 2.27. The van der Waals surface area contributed by atoms with Crippen molar-refractivity contribution >= 4 is 21.9 Å². The minimum atomic E-state index is -0.306. The molecule has 0 aromatic rings. The smallest absolute Gasteiger partial charge is 0.344 e. The van der Waals surface area contributed by atoms with E-state index in [1.54, 1.807) is 0 Å². The molecule has 58 valence electrons. The highest BCUT2D eigenvalue weighted by Crippen LogP contribution is 2.15. The summed E-state index contributed by atoms with van der Waals surface area (Å²) in [4.78, 5) is 10.8. The number of ether oxygens (including phenoxy) is 1. The largest absolute Gasteiger partial charge is 0.465 e. The van der Waals surface area contributed by atoms with Crippen molar-refractivity contribution in [1.82, 2.24) is 0 Å². The molecule has 0 amide bonds. The Hall–Kier alpha value is -0.310. The minimum absolute atomic E-state index is 0.306. The molecule has 0 fully saturated rings. The predicted octanol–water partition coefficient (Wildman–Crippen LogP) is 2.24. The van der Waals surface area contributed by atoms with E-state index < -0.39 is 0 Å². The topological polar surface area (TPSA) is 26.3 Å². The van der Waals surface area contributed by atoms with Gasteiger partial charge in [0.15, 0.2) is 0 Å². The van der Waals surface area contributed by atoms with Crippen LogP contribution in [0.2, 0.25) is 0 Å². The first-order valence-corrected chi connectivity index (χ1v) is 3.86. The first kappa shape index (κ1) is 9.69. The molecule has 0 N–H and O–H groups in total. The van der Waals surface area contributed by atoms with Crippen molar-refractivity contribution in [2.45, 2.75) is 20.3 Å². The Bertz CT molecular complexity index is 161. The normalized spacial score (nSPS) is 12.4. The van der Waals surface area contributed by atoms with E-state index in [0.717, 1.165) is 12.0 Å². The molecule has 0 saturated heterocycles. The van der Waals surface area contributed by atoms with Gasteiger partial charge in [-0.2, -0.15) is 0 Å². The Morgan fingerprint density at radius 2 is 2.10 bits per heavy atom. The number of halogens is 1. The average Bonchev–Trinajstić information content (AvgIpc) is 2.00. The van der Waals surface area contributed by atoms with E-state index in [9.17, 15) is 4.79 Å². The molecule has 0 unspecified atom stereocenters. The number of methoxy groups -OCH3 is 1. The van der Waals surface area contributed by atoms with Crippen molar-refractivity contribution in [3.63, 3.8) is 0 Å². The van der Waals surface area contributed by atoms with Crippen molar-refractivity contribution in [3.05, 3.63) is 10.1 Å². The second-order valence-electron chi connectivity index (χ2n) is 1.94. The molecule has 2 nitrogen and oxygen atoms in total. The second kappa shape index (κ2) is 4.50. The lowest BCUT2D eigenvalue weighted by Gasteiger charge is -1.99. The summed E-state index contributed by atoms with van der Waals surface area (Å²) in [6.45, 7) is 3.88. The zero-order chi connectivity index (χ0) is 8.15. The molecule has 0 saturated carbocycles. The van der Waals surface area contributed by atoms with Crippen LogP contribution in [0, 0.1) is 0 Å². The average molecular weight is 207 g/mol. The number of carbonyl (C=O) groups is 1. The van der Waals surface area contributed by atoms with Gasteiger partial charge in [-0.25, -0.2) is 4.79 Å². The monoisotopic (exact) mass is 206 g/mol. The lowest BCUT2D eigenvalue weighted by atomic mass is 10.2. The van der Waals surface area contributed by atoms with Gasteiger partial charge in [-0.3, -0.25) is 0 Å². The van der Waals surface area contributed by atoms with Crippen molar-refractivity contribution < 1.29 is 9.53 Å². The summed E-state index contributed by atoms with van der Waals surface area (Å²) >= 11 is 3.13. The van der Waals surface area contributed by atoms with Crippen LogP contribution in [0.4, 0.5) is 0 Å². The molecule has 0 bridgehead atoms. The summed E-state index contributed by atoms with van der Waals surface area (Å²) in [5.74, 6) is -0.306. The highest BCUT2D eigenvalue weighted by Gasteiger charge is 2.07. The van der Waals surface area contributed by atoms with Gasteiger partial charge in [0, 0.05) is 0 Å². The fourth-order valence-electron chi connectivity index (χ4n) is 0.419.